The largest absolute Gasteiger partial charge is 0.302 e. The molecule has 0 saturated heterocycles. The van der Waals surface area contributed by atoms with E-state index in [1.807, 2.05) is 0 Å². The van der Waals surface area contributed by atoms with Crippen molar-refractivity contribution in [3.05, 3.63) is 84.2 Å². The molecule has 2 aromatic carbocycles. The normalized spacial score (nSPS) is 23.6. The summed E-state index contributed by atoms with van der Waals surface area (Å²) in [5, 5.41) is 0. The Labute approximate surface area is 184 Å². The number of benzene rings is 2. The predicted octanol–water partition coefficient (Wildman–Crippen LogP) is 6.28. The Bertz CT molecular complexity index is 1140. The van der Waals surface area contributed by atoms with Gasteiger partial charge in [0.25, 0.3) is 0 Å². The summed E-state index contributed by atoms with van der Waals surface area (Å²) in [4.78, 5) is 15.4. The van der Waals surface area contributed by atoms with Gasteiger partial charge in [0.05, 0.1) is 11.4 Å². The Balaban J connectivity index is 1.61. The van der Waals surface area contributed by atoms with Gasteiger partial charge in [-0.25, -0.2) is 9.97 Å². The Kier molecular flexibility index (Phi) is 4.34. The second-order valence-electron chi connectivity index (χ2n) is 9.01. The van der Waals surface area contributed by atoms with Crippen molar-refractivity contribution in [2.45, 2.75) is 51.1 Å². The number of para-hydroxylation sites is 2. The highest BCUT2D eigenvalue weighted by Gasteiger charge is 2.49. The van der Waals surface area contributed by atoms with Gasteiger partial charge < -0.3 is 9.80 Å². The van der Waals surface area contributed by atoms with Crippen LogP contribution < -0.4 is 9.80 Å². The van der Waals surface area contributed by atoms with Crippen LogP contribution in [0, 0.1) is 5.92 Å². The molecule has 3 heterocycles. The molecule has 0 spiro atoms. The van der Waals surface area contributed by atoms with Gasteiger partial charge >= 0.3 is 0 Å². The number of fused-ring (bicyclic) bond motifs is 6. The number of anilines is 4. The van der Waals surface area contributed by atoms with Crippen LogP contribution in [0.3, 0.4) is 0 Å². The molecule has 31 heavy (non-hydrogen) atoms. The summed E-state index contributed by atoms with van der Waals surface area (Å²) in [7, 11) is 0. The van der Waals surface area contributed by atoms with Crippen LogP contribution in [0.25, 0.3) is 0 Å². The summed E-state index contributed by atoms with van der Waals surface area (Å²) in [6.45, 7) is 6.44. The van der Waals surface area contributed by atoms with Crippen LogP contribution in [0.15, 0.2) is 67.3 Å². The second-order valence-corrected chi connectivity index (χ2v) is 9.01. The quantitative estimate of drug-likeness (QED) is 0.477. The molecule has 0 saturated carbocycles. The molecule has 2 aliphatic heterocycles. The molecule has 0 radical (unpaired) electrons. The first kappa shape index (κ1) is 18.6. The number of aryl methyl sites for hydroxylation is 2. The molecule has 6 rings (SSSR count). The monoisotopic (exact) mass is 408 g/mol. The lowest BCUT2D eigenvalue weighted by Crippen LogP contribution is -2.48. The van der Waals surface area contributed by atoms with E-state index in [1.54, 1.807) is 0 Å². The lowest BCUT2D eigenvalue weighted by atomic mass is 9.78. The fraction of sp³-hybridized carbons (Fsp3) is 0.333. The van der Waals surface area contributed by atoms with Crippen molar-refractivity contribution in [3.63, 3.8) is 0 Å². The fourth-order valence-corrected chi connectivity index (χ4v) is 5.78. The molecule has 0 bridgehead atoms. The SMILES string of the molecule is C=CCC1c2ccccc2N2c3nc4c(nc3N(c3ccccc3)C2C1C)CCCC4. The first-order chi connectivity index (χ1) is 15.3. The molecule has 1 aliphatic carbocycles. The zero-order valence-corrected chi connectivity index (χ0v) is 18.0. The number of nitrogens with zero attached hydrogens (tertiary/aromatic N) is 4. The smallest absolute Gasteiger partial charge is 0.178 e. The summed E-state index contributed by atoms with van der Waals surface area (Å²) in [6.07, 6.45) is 7.68. The van der Waals surface area contributed by atoms with Gasteiger partial charge in [0, 0.05) is 17.3 Å². The minimum Gasteiger partial charge on any atom is -0.302 e. The number of allylic oxidation sites excluding steroid dienone is 1. The van der Waals surface area contributed by atoms with Gasteiger partial charge in [-0.2, -0.15) is 0 Å². The lowest BCUT2D eigenvalue weighted by Gasteiger charge is -2.45. The minimum absolute atomic E-state index is 0.154. The highest BCUT2D eigenvalue weighted by atomic mass is 15.5. The summed E-state index contributed by atoms with van der Waals surface area (Å²) >= 11 is 0. The summed E-state index contributed by atoms with van der Waals surface area (Å²) < 4.78 is 0. The van der Waals surface area contributed by atoms with Gasteiger partial charge in [-0.05, 0) is 61.8 Å². The third kappa shape index (κ3) is 2.74. The van der Waals surface area contributed by atoms with Crippen LogP contribution >= 0.6 is 0 Å². The van der Waals surface area contributed by atoms with Gasteiger partial charge in [-0.3, -0.25) is 0 Å². The average molecular weight is 409 g/mol. The Hall–Kier alpha value is -3.14. The van der Waals surface area contributed by atoms with Crippen LogP contribution in [-0.2, 0) is 12.8 Å². The molecule has 3 unspecified atom stereocenters. The first-order valence-electron chi connectivity index (χ1n) is 11.5. The van der Waals surface area contributed by atoms with Crippen molar-refractivity contribution >= 4 is 23.0 Å². The Morgan fingerprint density at radius 2 is 1.55 bits per heavy atom. The van der Waals surface area contributed by atoms with Crippen molar-refractivity contribution in [1.82, 2.24) is 9.97 Å². The Morgan fingerprint density at radius 3 is 2.26 bits per heavy atom. The average Bonchev–Trinajstić information content (AvgIpc) is 3.15. The third-order valence-electron chi connectivity index (χ3n) is 7.23. The van der Waals surface area contributed by atoms with Crippen molar-refractivity contribution in [3.8, 4) is 0 Å². The molecule has 156 valence electrons. The van der Waals surface area contributed by atoms with E-state index in [0.29, 0.717) is 11.8 Å². The van der Waals surface area contributed by atoms with E-state index in [4.69, 9.17) is 9.97 Å². The molecule has 3 atom stereocenters. The number of aromatic nitrogens is 2. The summed E-state index contributed by atoms with van der Waals surface area (Å²) in [5.74, 6) is 2.84. The number of hydrogen-bond donors (Lipinski definition) is 0. The van der Waals surface area contributed by atoms with Crippen LogP contribution in [0.4, 0.5) is 23.0 Å². The van der Waals surface area contributed by atoms with Gasteiger partial charge in [0.15, 0.2) is 11.6 Å². The Morgan fingerprint density at radius 1 is 0.903 bits per heavy atom. The molecule has 4 nitrogen and oxygen atoms in total. The van der Waals surface area contributed by atoms with Gasteiger partial charge in [-0.1, -0.05) is 49.4 Å². The number of hydrogen-bond acceptors (Lipinski definition) is 4. The maximum atomic E-state index is 5.26. The van der Waals surface area contributed by atoms with Crippen molar-refractivity contribution in [1.29, 1.82) is 0 Å². The lowest BCUT2D eigenvalue weighted by molar-refractivity contribution is 0.368. The summed E-state index contributed by atoms with van der Waals surface area (Å²) in [5.41, 5.74) is 6.23. The van der Waals surface area contributed by atoms with Gasteiger partial charge in [0.1, 0.15) is 6.17 Å². The van der Waals surface area contributed by atoms with E-state index in [0.717, 1.165) is 30.9 Å². The van der Waals surface area contributed by atoms with E-state index in [2.05, 4.69) is 84.0 Å². The zero-order chi connectivity index (χ0) is 20.9. The highest BCUT2D eigenvalue weighted by Crippen LogP contribution is 2.55. The highest BCUT2D eigenvalue weighted by molar-refractivity contribution is 5.86. The predicted molar refractivity (Wildman–Crippen MR) is 126 cm³/mol. The molecular weight excluding hydrogens is 380 g/mol. The van der Waals surface area contributed by atoms with Crippen molar-refractivity contribution in [2.75, 3.05) is 9.80 Å². The van der Waals surface area contributed by atoms with Crippen LogP contribution in [0.1, 0.15) is 49.1 Å². The molecule has 1 aromatic heterocycles. The van der Waals surface area contributed by atoms with E-state index in [9.17, 15) is 0 Å². The number of rotatable bonds is 3. The van der Waals surface area contributed by atoms with Crippen molar-refractivity contribution in [2.24, 2.45) is 5.92 Å². The van der Waals surface area contributed by atoms with Crippen LogP contribution in [0.2, 0.25) is 0 Å². The van der Waals surface area contributed by atoms with E-state index < -0.39 is 0 Å². The van der Waals surface area contributed by atoms with Crippen molar-refractivity contribution < 1.29 is 0 Å². The van der Waals surface area contributed by atoms with E-state index in [1.165, 1.54) is 41.2 Å². The van der Waals surface area contributed by atoms with Crippen LogP contribution in [0.5, 0.6) is 0 Å². The third-order valence-corrected chi connectivity index (χ3v) is 7.23. The topological polar surface area (TPSA) is 32.3 Å². The van der Waals surface area contributed by atoms with Gasteiger partial charge in [0.2, 0.25) is 0 Å². The first-order valence-corrected chi connectivity index (χ1v) is 11.5. The maximum Gasteiger partial charge on any atom is 0.178 e. The summed E-state index contributed by atoms with van der Waals surface area (Å²) in [6, 6.07) is 19.6. The molecule has 3 aromatic rings. The molecular formula is C27H28N4. The molecule has 3 aliphatic rings. The van der Waals surface area contributed by atoms with E-state index in [-0.39, 0.29) is 6.17 Å². The van der Waals surface area contributed by atoms with Crippen LogP contribution in [-0.4, -0.2) is 16.1 Å². The molecule has 0 N–H and O–H groups in total. The molecule has 0 fully saturated rings. The van der Waals surface area contributed by atoms with E-state index >= 15 is 0 Å². The molecule has 0 amide bonds. The second kappa shape index (κ2) is 7.23. The standard InChI is InChI=1S/C27H28N4/c1-3-11-20-18(2)27-30(19-12-5-4-6-13-19)25-26(29-23-16-9-8-15-22(23)28-25)31(27)24-17-10-7-14-21(20)24/h3-7,10,12-14,17-18,20,27H,1,8-9,11,15-16H2,2H3. The fourth-order valence-electron chi connectivity index (χ4n) is 5.78. The zero-order valence-electron chi connectivity index (χ0n) is 18.0. The minimum atomic E-state index is 0.154. The molecule has 4 heteroatoms. The van der Waals surface area contributed by atoms with Gasteiger partial charge in [-0.15, -0.1) is 6.58 Å². The maximum absolute atomic E-state index is 5.26.